The lowest BCUT2D eigenvalue weighted by atomic mass is 10.1. The highest BCUT2D eigenvalue weighted by Gasteiger charge is 2.32. The standard InChI is InChI=1S/C8H13N3S/c1-5-10-7(4-12-5)8(11-9)6-2-3-6/h4,6,8,11H,2-3,9H2,1H3. The van der Waals surface area contributed by atoms with Crippen LogP contribution in [0, 0.1) is 12.8 Å². The molecule has 1 fully saturated rings. The largest absolute Gasteiger partial charge is 0.271 e. The van der Waals surface area contributed by atoms with Gasteiger partial charge in [0, 0.05) is 5.38 Å². The van der Waals surface area contributed by atoms with Crippen LogP contribution < -0.4 is 11.3 Å². The summed E-state index contributed by atoms with van der Waals surface area (Å²) >= 11 is 1.69. The molecular weight excluding hydrogens is 170 g/mol. The first-order valence-corrected chi connectivity index (χ1v) is 5.07. The second kappa shape index (κ2) is 3.12. The van der Waals surface area contributed by atoms with Gasteiger partial charge in [0.1, 0.15) is 0 Å². The average Bonchev–Trinajstić information content (AvgIpc) is 2.78. The molecule has 1 aliphatic rings. The molecular formula is C8H13N3S. The molecule has 1 unspecified atom stereocenters. The zero-order valence-electron chi connectivity index (χ0n) is 7.08. The van der Waals surface area contributed by atoms with Crippen molar-refractivity contribution < 1.29 is 0 Å². The Kier molecular flexibility index (Phi) is 2.12. The van der Waals surface area contributed by atoms with Crippen LogP contribution >= 0.6 is 11.3 Å². The van der Waals surface area contributed by atoms with Gasteiger partial charge in [-0.05, 0) is 25.7 Å². The summed E-state index contributed by atoms with van der Waals surface area (Å²) in [6.45, 7) is 2.02. The van der Waals surface area contributed by atoms with Crippen molar-refractivity contribution in [2.45, 2.75) is 25.8 Å². The molecule has 0 aliphatic heterocycles. The Labute approximate surface area is 76.0 Å². The molecule has 66 valence electrons. The van der Waals surface area contributed by atoms with Crippen LogP contribution in [0.3, 0.4) is 0 Å². The molecule has 0 bridgehead atoms. The minimum Gasteiger partial charge on any atom is -0.271 e. The van der Waals surface area contributed by atoms with E-state index in [2.05, 4.69) is 15.8 Å². The van der Waals surface area contributed by atoms with Crippen LogP contribution in [-0.4, -0.2) is 4.98 Å². The maximum Gasteiger partial charge on any atom is 0.0898 e. The van der Waals surface area contributed by atoms with E-state index in [1.807, 2.05) is 6.92 Å². The Morgan fingerprint density at radius 3 is 2.92 bits per heavy atom. The van der Waals surface area contributed by atoms with E-state index in [4.69, 9.17) is 5.84 Å². The Morgan fingerprint density at radius 1 is 1.75 bits per heavy atom. The highest BCUT2D eigenvalue weighted by molar-refractivity contribution is 7.09. The molecule has 4 heteroatoms. The van der Waals surface area contributed by atoms with Crippen molar-refractivity contribution in [3.05, 3.63) is 16.1 Å². The number of aryl methyl sites for hydroxylation is 1. The zero-order chi connectivity index (χ0) is 8.55. The van der Waals surface area contributed by atoms with Gasteiger partial charge in [-0.3, -0.25) is 11.3 Å². The first-order chi connectivity index (χ1) is 5.81. The van der Waals surface area contributed by atoms with Crippen molar-refractivity contribution in [2.75, 3.05) is 0 Å². The number of hydrogen-bond donors (Lipinski definition) is 2. The zero-order valence-corrected chi connectivity index (χ0v) is 7.90. The first-order valence-electron chi connectivity index (χ1n) is 4.19. The molecule has 0 spiro atoms. The van der Waals surface area contributed by atoms with E-state index in [9.17, 15) is 0 Å². The molecule has 3 N–H and O–H groups in total. The smallest absolute Gasteiger partial charge is 0.0898 e. The molecule has 1 aromatic rings. The molecule has 1 atom stereocenters. The molecule has 3 nitrogen and oxygen atoms in total. The number of hydrazine groups is 1. The van der Waals surface area contributed by atoms with Crippen LogP contribution in [0.5, 0.6) is 0 Å². The van der Waals surface area contributed by atoms with Crippen LogP contribution in [0.4, 0.5) is 0 Å². The third-order valence-corrected chi connectivity index (χ3v) is 3.02. The minimum absolute atomic E-state index is 0.287. The molecule has 1 aliphatic carbocycles. The maximum absolute atomic E-state index is 5.47. The molecule has 1 aromatic heterocycles. The number of hydrogen-bond acceptors (Lipinski definition) is 4. The number of nitrogens with two attached hydrogens (primary N) is 1. The second-order valence-corrected chi connectivity index (χ2v) is 4.34. The van der Waals surface area contributed by atoms with Gasteiger partial charge < -0.3 is 0 Å². The fourth-order valence-electron chi connectivity index (χ4n) is 1.42. The van der Waals surface area contributed by atoms with Crippen LogP contribution in [0.25, 0.3) is 0 Å². The lowest BCUT2D eigenvalue weighted by molar-refractivity contribution is 0.486. The van der Waals surface area contributed by atoms with Crippen molar-refractivity contribution in [3.8, 4) is 0 Å². The van der Waals surface area contributed by atoms with Gasteiger partial charge in [-0.15, -0.1) is 11.3 Å². The van der Waals surface area contributed by atoms with Crippen LogP contribution in [0.2, 0.25) is 0 Å². The topological polar surface area (TPSA) is 50.9 Å². The maximum atomic E-state index is 5.47. The Bertz CT molecular complexity index is 267. The quantitative estimate of drug-likeness (QED) is 0.549. The van der Waals surface area contributed by atoms with E-state index in [0.717, 1.165) is 16.6 Å². The van der Waals surface area contributed by atoms with Gasteiger partial charge in [0.2, 0.25) is 0 Å². The SMILES string of the molecule is Cc1nc(C(NN)C2CC2)cs1. The summed E-state index contributed by atoms with van der Waals surface area (Å²) in [6, 6.07) is 0.287. The number of nitrogens with one attached hydrogen (secondary N) is 1. The predicted octanol–water partition coefficient (Wildman–Crippen LogP) is 1.37. The third kappa shape index (κ3) is 1.50. The van der Waals surface area contributed by atoms with Crippen LogP contribution in [0.15, 0.2) is 5.38 Å². The van der Waals surface area contributed by atoms with E-state index in [0.29, 0.717) is 0 Å². The molecule has 0 saturated heterocycles. The Morgan fingerprint density at radius 2 is 2.50 bits per heavy atom. The molecule has 2 rings (SSSR count). The monoisotopic (exact) mass is 183 g/mol. The van der Waals surface area contributed by atoms with E-state index in [1.165, 1.54) is 12.8 Å². The summed E-state index contributed by atoms with van der Waals surface area (Å²) in [6.07, 6.45) is 2.57. The number of nitrogens with zero attached hydrogens (tertiary/aromatic N) is 1. The fourth-order valence-corrected chi connectivity index (χ4v) is 2.06. The van der Waals surface area contributed by atoms with Gasteiger partial charge in [-0.2, -0.15) is 0 Å². The van der Waals surface area contributed by atoms with E-state index in [1.54, 1.807) is 11.3 Å². The highest BCUT2D eigenvalue weighted by Crippen LogP contribution is 2.40. The average molecular weight is 183 g/mol. The summed E-state index contributed by atoms with van der Waals surface area (Å²) in [5.74, 6) is 6.19. The van der Waals surface area contributed by atoms with E-state index in [-0.39, 0.29) is 6.04 Å². The highest BCUT2D eigenvalue weighted by atomic mass is 32.1. The summed E-state index contributed by atoms with van der Waals surface area (Å²) in [5.41, 5.74) is 3.95. The van der Waals surface area contributed by atoms with Crippen LogP contribution in [0.1, 0.15) is 29.6 Å². The number of thiazole rings is 1. The van der Waals surface area contributed by atoms with E-state index >= 15 is 0 Å². The third-order valence-electron chi connectivity index (χ3n) is 2.23. The molecule has 1 heterocycles. The summed E-state index contributed by atoms with van der Waals surface area (Å²) < 4.78 is 0. The fraction of sp³-hybridized carbons (Fsp3) is 0.625. The number of rotatable bonds is 3. The molecule has 1 saturated carbocycles. The Balaban J connectivity index is 2.15. The van der Waals surface area contributed by atoms with Crippen LogP contribution in [-0.2, 0) is 0 Å². The van der Waals surface area contributed by atoms with Crippen molar-refractivity contribution in [1.29, 1.82) is 0 Å². The van der Waals surface area contributed by atoms with Gasteiger partial charge in [-0.25, -0.2) is 4.98 Å². The minimum atomic E-state index is 0.287. The molecule has 0 amide bonds. The number of aromatic nitrogens is 1. The first kappa shape index (κ1) is 8.16. The normalized spacial score (nSPS) is 19.5. The van der Waals surface area contributed by atoms with Gasteiger partial charge in [-0.1, -0.05) is 0 Å². The van der Waals surface area contributed by atoms with Gasteiger partial charge in [0.05, 0.1) is 16.7 Å². The van der Waals surface area contributed by atoms with Crippen molar-refractivity contribution in [2.24, 2.45) is 11.8 Å². The van der Waals surface area contributed by atoms with Gasteiger partial charge >= 0.3 is 0 Å². The van der Waals surface area contributed by atoms with Crippen molar-refractivity contribution >= 4 is 11.3 Å². The van der Waals surface area contributed by atoms with E-state index < -0.39 is 0 Å². The van der Waals surface area contributed by atoms with Gasteiger partial charge in [0.15, 0.2) is 0 Å². The summed E-state index contributed by atoms with van der Waals surface area (Å²) in [4.78, 5) is 4.42. The van der Waals surface area contributed by atoms with Crippen molar-refractivity contribution in [3.63, 3.8) is 0 Å². The second-order valence-electron chi connectivity index (χ2n) is 3.27. The summed E-state index contributed by atoms with van der Waals surface area (Å²) in [7, 11) is 0. The molecule has 0 radical (unpaired) electrons. The Hall–Kier alpha value is -0.450. The molecule has 12 heavy (non-hydrogen) atoms. The van der Waals surface area contributed by atoms with Gasteiger partial charge in [0.25, 0.3) is 0 Å². The molecule has 0 aromatic carbocycles. The lowest BCUT2D eigenvalue weighted by Crippen LogP contribution is -2.29. The lowest BCUT2D eigenvalue weighted by Gasteiger charge is -2.11. The predicted molar refractivity (Wildman–Crippen MR) is 49.6 cm³/mol. The van der Waals surface area contributed by atoms with Crippen molar-refractivity contribution in [1.82, 2.24) is 10.4 Å². The summed E-state index contributed by atoms with van der Waals surface area (Å²) in [5, 5.41) is 3.21.